The van der Waals surface area contributed by atoms with Crippen LogP contribution in [0.2, 0.25) is 0 Å². The zero-order valence-electron chi connectivity index (χ0n) is 12.0. The molecule has 21 heavy (non-hydrogen) atoms. The van der Waals surface area contributed by atoms with Crippen molar-refractivity contribution < 1.29 is 9.59 Å². The van der Waals surface area contributed by atoms with E-state index in [0.717, 1.165) is 24.1 Å². The predicted molar refractivity (Wildman–Crippen MR) is 81.7 cm³/mol. The molecule has 1 aromatic rings. The molecule has 6 heteroatoms. The van der Waals surface area contributed by atoms with Crippen LogP contribution < -0.4 is 11.1 Å². The second-order valence-electron chi connectivity index (χ2n) is 5.77. The first-order chi connectivity index (χ1) is 10.2. The average molecular weight is 307 g/mol. The van der Waals surface area contributed by atoms with Crippen LogP contribution in [-0.2, 0) is 9.59 Å². The lowest BCUT2D eigenvalue weighted by Crippen LogP contribution is -2.54. The zero-order valence-corrected chi connectivity index (χ0v) is 12.8. The number of rotatable bonds is 3. The molecule has 0 spiro atoms. The molecule has 114 valence electrons. The molecule has 1 aliphatic heterocycles. The van der Waals surface area contributed by atoms with E-state index >= 15 is 0 Å². The molecule has 1 unspecified atom stereocenters. The Bertz CT molecular complexity index is 517. The van der Waals surface area contributed by atoms with Crippen LogP contribution in [0.15, 0.2) is 17.5 Å². The molecule has 0 radical (unpaired) electrons. The van der Waals surface area contributed by atoms with E-state index in [1.165, 1.54) is 11.3 Å². The Kier molecular flexibility index (Phi) is 4.26. The summed E-state index contributed by atoms with van der Waals surface area (Å²) in [6, 6.07) is 3.38. The fourth-order valence-electron chi connectivity index (χ4n) is 3.49. The van der Waals surface area contributed by atoms with Crippen LogP contribution in [0.5, 0.6) is 0 Å². The van der Waals surface area contributed by atoms with Crippen LogP contribution in [0.25, 0.3) is 0 Å². The summed E-state index contributed by atoms with van der Waals surface area (Å²) in [7, 11) is 0. The summed E-state index contributed by atoms with van der Waals surface area (Å²) >= 11 is 1.52. The highest BCUT2D eigenvalue weighted by Gasteiger charge is 2.41. The van der Waals surface area contributed by atoms with Crippen LogP contribution in [-0.4, -0.2) is 36.3 Å². The molecule has 0 aromatic carbocycles. The highest BCUT2D eigenvalue weighted by Crippen LogP contribution is 2.36. The predicted octanol–water partition coefficient (Wildman–Crippen LogP) is 1.12. The monoisotopic (exact) mass is 307 g/mol. The summed E-state index contributed by atoms with van der Waals surface area (Å²) in [6.45, 7) is 1.67. The first-order valence-corrected chi connectivity index (χ1v) is 8.42. The maximum absolute atomic E-state index is 12.9. The first kappa shape index (κ1) is 14.5. The van der Waals surface area contributed by atoms with Crippen molar-refractivity contribution in [3.63, 3.8) is 0 Å². The number of nitrogens with zero attached hydrogens (tertiary/aromatic N) is 1. The molecule has 0 bridgehead atoms. The van der Waals surface area contributed by atoms with Gasteiger partial charge in [-0.3, -0.25) is 9.59 Å². The minimum atomic E-state index is -0.467. The number of hydrogen-bond donors (Lipinski definition) is 2. The van der Waals surface area contributed by atoms with Crippen LogP contribution in [0, 0.1) is 11.8 Å². The van der Waals surface area contributed by atoms with E-state index in [1.54, 1.807) is 4.90 Å². The molecule has 2 aliphatic rings. The molecular weight excluding hydrogens is 286 g/mol. The Labute approximate surface area is 128 Å². The lowest BCUT2D eigenvalue weighted by Gasteiger charge is -2.37. The number of nitrogens with one attached hydrogen (secondary N) is 1. The number of thiophene rings is 1. The molecule has 5 nitrogen and oxygen atoms in total. The second-order valence-corrected chi connectivity index (χ2v) is 6.75. The number of hydrogen-bond acceptors (Lipinski definition) is 4. The number of piperazine rings is 1. The van der Waals surface area contributed by atoms with Crippen LogP contribution in [0.3, 0.4) is 0 Å². The minimum Gasteiger partial charge on any atom is -0.352 e. The van der Waals surface area contributed by atoms with Crippen molar-refractivity contribution in [1.29, 1.82) is 0 Å². The van der Waals surface area contributed by atoms with E-state index in [9.17, 15) is 9.59 Å². The Morgan fingerprint density at radius 3 is 3.05 bits per heavy atom. The molecule has 2 amide bonds. The van der Waals surface area contributed by atoms with Gasteiger partial charge in [0.25, 0.3) is 0 Å². The standard InChI is InChI=1S/C15H21N3O2S/c16-9-10-3-1-4-11(10)15(20)18-7-6-17-14(19)13(18)12-5-2-8-21-12/h2,5,8,10-11,13H,1,3-4,6-7,9,16H2,(H,17,19)/t10-,11-,13?/m1/s1. The van der Waals surface area contributed by atoms with Gasteiger partial charge < -0.3 is 16.0 Å². The van der Waals surface area contributed by atoms with E-state index in [2.05, 4.69) is 5.32 Å². The van der Waals surface area contributed by atoms with Gasteiger partial charge in [0.15, 0.2) is 0 Å². The summed E-state index contributed by atoms with van der Waals surface area (Å²) in [5.74, 6) is 0.297. The second kappa shape index (κ2) is 6.15. The topological polar surface area (TPSA) is 75.4 Å². The first-order valence-electron chi connectivity index (χ1n) is 7.54. The van der Waals surface area contributed by atoms with Crippen LogP contribution in [0.4, 0.5) is 0 Å². The zero-order chi connectivity index (χ0) is 14.8. The van der Waals surface area contributed by atoms with E-state index in [0.29, 0.717) is 19.6 Å². The van der Waals surface area contributed by atoms with Gasteiger partial charge in [-0.05, 0) is 36.8 Å². The summed E-state index contributed by atoms with van der Waals surface area (Å²) in [4.78, 5) is 27.9. The third kappa shape index (κ3) is 2.70. The Morgan fingerprint density at radius 2 is 2.33 bits per heavy atom. The molecule has 3 atom stereocenters. The van der Waals surface area contributed by atoms with Gasteiger partial charge in [0.2, 0.25) is 11.8 Å². The van der Waals surface area contributed by atoms with Gasteiger partial charge in [-0.15, -0.1) is 11.3 Å². The minimum absolute atomic E-state index is 0.0108. The van der Waals surface area contributed by atoms with Gasteiger partial charge in [0.05, 0.1) is 0 Å². The van der Waals surface area contributed by atoms with Gasteiger partial charge in [0.1, 0.15) is 6.04 Å². The molecule has 1 saturated carbocycles. The van der Waals surface area contributed by atoms with Crippen LogP contribution >= 0.6 is 11.3 Å². The quantitative estimate of drug-likeness (QED) is 0.879. The summed E-state index contributed by atoms with van der Waals surface area (Å²) < 4.78 is 0. The molecule has 2 heterocycles. The molecule has 3 rings (SSSR count). The number of carbonyl (C=O) groups excluding carboxylic acids is 2. The molecule has 1 aliphatic carbocycles. The molecule has 1 aromatic heterocycles. The Balaban J connectivity index is 1.84. The fourth-order valence-corrected chi connectivity index (χ4v) is 4.33. The van der Waals surface area contributed by atoms with Gasteiger partial charge in [-0.2, -0.15) is 0 Å². The van der Waals surface area contributed by atoms with Crippen molar-refractivity contribution in [2.45, 2.75) is 25.3 Å². The van der Waals surface area contributed by atoms with Crippen molar-refractivity contribution >= 4 is 23.2 Å². The van der Waals surface area contributed by atoms with E-state index in [4.69, 9.17) is 5.73 Å². The van der Waals surface area contributed by atoms with E-state index in [-0.39, 0.29) is 23.7 Å². The molecule has 2 fully saturated rings. The summed E-state index contributed by atoms with van der Waals surface area (Å²) in [5.41, 5.74) is 5.80. The molecule has 3 N–H and O–H groups in total. The SMILES string of the molecule is NC[C@H]1CCC[C@H]1C(=O)N1CCNC(=O)C1c1cccs1. The van der Waals surface area contributed by atoms with E-state index < -0.39 is 6.04 Å². The van der Waals surface area contributed by atoms with Crippen molar-refractivity contribution in [3.05, 3.63) is 22.4 Å². The summed E-state index contributed by atoms with van der Waals surface area (Å²) in [6.07, 6.45) is 2.98. The van der Waals surface area contributed by atoms with Gasteiger partial charge in [-0.25, -0.2) is 0 Å². The number of nitrogens with two attached hydrogens (primary N) is 1. The van der Waals surface area contributed by atoms with Gasteiger partial charge in [0, 0.05) is 23.9 Å². The fraction of sp³-hybridized carbons (Fsp3) is 0.600. The normalized spacial score (nSPS) is 29.5. The number of carbonyl (C=O) groups is 2. The Morgan fingerprint density at radius 1 is 1.48 bits per heavy atom. The maximum Gasteiger partial charge on any atom is 0.248 e. The van der Waals surface area contributed by atoms with Gasteiger partial charge in [-0.1, -0.05) is 12.5 Å². The third-order valence-corrected chi connectivity index (χ3v) is 5.51. The lowest BCUT2D eigenvalue weighted by atomic mass is 9.93. The van der Waals surface area contributed by atoms with Gasteiger partial charge >= 0.3 is 0 Å². The smallest absolute Gasteiger partial charge is 0.248 e. The third-order valence-electron chi connectivity index (χ3n) is 4.59. The average Bonchev–Trinajstić information content (AvgIpc) is 3.17. The van der Waals surface area contributed by atoms with Crippen molar-refractivity contribution in [2.75, 3.05) is 19.6 Å². The van der Waals surface area contributed by atoms with Crippen molar-refractivity contribution in [1.82, 2.24) is 10.2 Å². The highest BCUT2D eigenvalue weighted by atomic mass is 32.1. The van der Waals surface area contributed by atoms with Crippen LogP contribution in [0.1, 0.15) is 30.2 Å². The summed E-state index contributed by atoms with van der Waals surface area (Å²) in [5, 5.41) is 4.81. The lowest BCUT2D eigenvalue weighted by molar-refractivity contribution is -0.147. The van der Waals surface area contributed by atoms with Crippen molar-refractivity contribution in [2.24, 2.45) is 17.6 Å². The largest absolute Gasteiger partial charge is 0.352 e. The van der Waals surface area contributed by atoms with E-state index in [1.807, 2.05) is 17.5 Å². The highest BCUT2D eigenvalue weighted by molar-refractivity contribution is 7.10. The number of amides is 2. The Hall–Kier alpha value is -1.40. The maximum atomic E-state index is 12.9. The molecule has 1 saturated heterocycles. The molecular formula is C15H21N3O2S. The van der Waals surface area contributed by atoms with Crippen molar-refractivity contribution in [3.8, 4) is 0 Å².